The number of hydrogen-bond donors (Lipinski definition) is 1. The van der Waals surface area contributed by atoms with Gasteiger partial charge in [-0.3, -0.25) is 14.9 Å². The Kier molecular flexibility index (Phi) is 4.97. The number of carbonyl (C=O) groups excluding carboxylic acids is 3. The predicted molar refractivity (Wildman–Crippen MR) is 105 cm³/mol. The lowest BCUT2D eigenvalue weighted by Gasteiger charge is -2.26. The minimum absolute atomic E-state index is 0.138. The van der Waals surface area contributed by atoms with Crippen molar-refractivity contribution in [3.8, 4) is 0 Å². The molecule has 3 aromatic rings. The maximum Gasteiger partial charge on any atom is 0.335 e. The molecule has 2 heterocycles. The van der Waals surface area contributed by atoms with E-state index in [2.05, 4.69) is 5.32 Å². The van der Waals surface area contributed by atoms with Crippen LogP contribution in [0.4, 0.5) is 19.3 Å². The van der Waals surface area contributed by atoms with E-state index in [-0.39, 0.29) is 17.1 Å². The van der Waals surface area contributed by atoms with Crippen LogP contribution < -0.4 is 10.2 Å². The zero-order chi connectivity index (χ0) is 21.3. The zero-order valence-corrected chi connectivity index (χ0v) is 15.5. The molecular formula is C22H15F2N3O3. The van der Waals surface area contributed by atoms with Crippen LogP contribution >= 0.6 is 0 Å². The second kappa shape index (κ2) is 7.75. The second-order valence-electron chi connectivity index (χ2n) is 6.62. The Morgan fingerprint density at radius 3 is 2.17 bits per heavy atom. The van der Waals surface area contributed by atoms with Crippen molar-refractivity contribution in [1.82, 2.24) is 9.88 Å². The number of halogens is 2. The van der Waals surface area contributed by atoms with Gasteiger partial charge in [-0.05, 0) is 60.2 Å². The number of barbiturate groups is 1. The number of nitrogens with zero attached hydrogens (tertiary/aromatic N) is 2. The van der Waals surface area contributed by atoms with Crippen molar-refractivity contribution in [3.63, 3.8) is 0 Å². The van der Waals surface area contributed by atoms with Gasteiger partial charge < -0.3 is 4.57 Å². The number of carbonyl (C=O) groups is 3. The van der Waals surface area contributed by atoms with Crippen LogP contribution in [0.15, 0.2) is 72.4 Å². The van der Waals surface area contributed by atoms with Crippen molar-refractivity contribution < 1.29 is 23.2 Å². The van der Waals surface area contributed by atoms with Crippen LogP contribution in [0.1, 0.15) is 11.3 Å². The van der Waals surface area contributed by atoms with Gasteiger partial charge in [-0.2, -0.15) is 0 Å². The van der Waals surface area contributed by atoms with Crippen LogP contribution in [0, 0.1) is 11.6 Å². The molecule has 150 valence electrons. The molecule has 8 heteroatoms. The first-order chi connectivity index (χ1) is 14.4. The molecule has 1 aliphatic rings. The molecule has 0 radical (unpaired) electrons. The summed E-state index contributed by atoms with van der Waals surface area (Å²) in [5, 5.41) is 2.13. The van der Waals surface area contributed by atoms with E-state index < -0.39 is 23.7 Å². The number of imide groups is 2. The first kappa shape index (κ1) is 19.3. The third-order valence-corrected chi connectivity index (χ3v) is 4.61. The molecule has 0 spiro atoms. The number of nitrogens with one attached hydrogen (secondary N) is 1. The largest absolute Gasteiger partial charge is 0.344 e. The van der Waals surface area contributed by atoms with E-state index in [0.29, 0.717) is 12.2 Å². The van der Waals surface area contributed by atoms with E-state index in [1.165, 1.54) is 30.3 Å². The Morgan fingerprint density at radius 2 is 1.50 bits per heavy atom. The predicted octanol–water partition coefficient (Wildman–Crippen LogP) is 3.48. The molecule has 6 nitrogen and oxygen atoms in total. The van der Waals surface area contributed by atoms with E-state index in [0.717, 1.165) is 22.6 Å². The van der Waals surface area contributed by atoms with Crippen molar-refractivity contribution in [1.29, 1.82) is 0 Å². The molecule has 1 fully saturated rings. The number of amides is 4. The summed E-state index contributed by atoms with van der Waals surface area (Å²) >= 11 is 0. The normalized spacial score (nSPS) is 15.6. The van der Waals surface area contributed by atoms with Gasteiger partial charge in [0.25, 0.3) is 11.8 Å². The summed E-state index contributed by atoms with van der Waals surface area (Å²) in [5.41, 5.74) is 1.28. The fourth-order valence-corrected chi connectivity index (χ4v) is 3.12. The van der Waals surface area contributed by atoms with Gasteiger partial charge in [0.1, 0.15) is 17.2 Å². The third kappa shape index (κ3) is 3.75. The van der Waals surface area contributed by atoms with Gasteiger partial charge in [-0.25, -0.2) is 18.5 Å². The molecule has 1 aromatic heterocycles. The van der Waals surface area contributed by atoms with Gasteiger partial charge in [-0.1, -0.05) is 12.1 Å². The molecule has 1 aliphatic heterocycles. The lowest BCUT2D eigenvalue weighted by molar-refractivity contribution is -0.122. The highest BCUT2D eigenvalue weighted by atomic mass is 19.1. The summed E-state index contributed by atoms with van der Waals surface area (Å²) in [6, 6.07) is 13.3. The van der Waals surface area contributed by atoms with Crippen LogP contribution in [0.2, 0.25) is 0 Å². The molecule has 0 unspecified atom stereocenters. The Balaban J connectivity index is 1.66. The van der Waals surface area contributed by atoms with Crippen molar-refractivity contribution in [3.05, 3.63) is 95.3 Å². The summed E-state index contributed by atoms with van der Waals surface area (Å²) in [5.74, 6) is -2.50. The lowest BCUT2D eigenvalue weighted by Crippen LogP contribution is -2.54. The molecule has 30 heavy (non-hydrogen) atoms. The number of rotatable bonds is 4. The molecular weight excluding hydrogens is 392 g/mol. The van der Waals surface area contributed by atoms with Gasteiger partial charge in [0, 0.05) is 18.4 Å². The molecule has 0 aliphatic carbocycles. The highest BCUT2D eigenvalue weighted by Gasteiger charge is 2.36. The number of hydrogen-bond acceptors (Lipinski definition) is 3. The van der Waals surface area contributed by atoms with Crippen molar-refractivity contribution in [2.24, 2.45) is 0 Å². The van der Waals surface area contributed by atoms with Crippen LogP contribution in [0.25, 0.3) is 6.08 Å². The molecule has 4 amide bonds. The highest BCUT2D eigenvalue weighted by Crippen LogP contribution is 2.22. The Hall–Kier alpha value is -4.07. The van der Waals surface area contributed by atoms with Crippen LogP contribution in [-0.2, 0) is 16.1 Å². The maximum atomic E-state index is 13.2. The summed E-state index contributed by atoms with van der Waals surface area (Å²) in [6.45, 7) is 0.392. The van der Waals surface area contributed by atoms with E-state index >= 15 is 0 Å². The molecule has 0 bridgehead atoms. The van der Waals surface area contributed by atoms with Gasteiger partial charge in [0.05, 0.1) is 5.69 Å². The monoisotopic (exact) mass is 407 g/mol. The average molecular weight is 407 g/mol. The SMILES string of the molecule is O=C1NC(=O)N(c2ccc(F)cc2)C(=O)/C1=C/c1cccn1Cc1ccc(F)cc1. The second-order valence-corrected chi connectivity index (χ2v) is 6.62. The Bertz CT molecular complexity index is 1170. The van der Waals surface area contributed by atoms with Gasteiger partial charge >= 0.3 is 6.03 Å². The minimum atomic E-state index is -0.907. The molecule has 0 atom stereocenters. The van der Waals surface area contributed by atoms with Gasteiger partial charge in [0.2, 0.25) is 0 Å². The Morgan fingerprint density at radius 1 is 0.867 bits per heavy atom. The Labute approximate surface area is 170 Å². The van der Waals surface area contributed by atoms with Crippen molar-refractivity contribution >= 4 is 29.6 Å². The summed E-state index contributed by atoms with van der Waals surface area (Å²) in [6.07, 6.45) is 3.13. The topological polar surface area (TPSA) is 71.4 Å². The molecule has 4 rings (SSSR count). The van der Waals surface area contributed by atoms with Crippen molar-refractivity contribution in [2.45, 2.75) is 6.54 Å². The first-order valence-corrected chi connectivity index (χ1v) is 8.99. The minimum Gasteiger partial charge on any atom is -0.344 e. The van der Waals surface area contributed by atoms with Gasteiger partial charge in [-0.15, -0.1) is 0 Å². The third-order valence-electron chi connectivity index (χ3n) is 4.61. The molecule has 2 aromatic carbocycles. The average Bonchev–Trinajstić information content (AvgIpc) is 3.15. The number of urea groups is 1. The van der Waals surface area contributed by atoms with Crippen molar-refractivity contribution in [2.75, 3.05) is 4.90 Å². The fourth-order valence-electron chi connectivity index (χ4n) is 3.12. The number of benzene rings is 2. The molecule has 0 saturated carbocycles. The quantitative estimate of drug-likeness (QED) is 0.532. The van der Waals surface area contributed by atoms with E-state index in [1.807, 2.05) is 0 Å². The number of aromatic nitrogens is 1. The lowest BCUT2D eigenvalue weighted by atomic mass is 10.1. The van der Waals surface area contributed by atoms with Crippen LogP contribution in [0.3, 0.4) is 0 Å². The van der Waals surface area contributed by atoms with E-state index in [4.69, 9.17) is 0 Å². The van der Waals surface area contributed by atoms with Crippen LogP contribution in [-0.4, -0.2) is 22.4 Å². The standard InChI is InChI=1S/C22H15F2N3O3/c23-15-5-3-14(4-6-15)13-26-11-1-2-18(26)12-19-20(28)25-22(30)27(21(19)29)17-9-7-16(24)8-10-17/h1-12H,13H2,(H,25,28,30)/b19-12+. The fraction of sp³-hybridized carbons (Fsp3) is 0.0455. The summed E-state index contributed by atoms with van der Waals surface area (Å²) < 4.78 is 28.1. The van der Waals surface area contributed by atoms with Crippen LogP contribution in [0.5, 0.6) is 0 Å². The first-order valence-electron chi connectivity index (χ1n) is 8.99. The molecule has 1 N–H and O–H groups in total. The highest BCUT2D eigenvalue weighted by molar-refractivity contribution is 6.39. The van der Waals surface area contributed by atoms with E-state index in [1.54, 1.807) is 35.0 Å². The smallest absolute Gasteiger partial charge is 0.335 e. The maximum absolute atomic E-state index is 13.2. The molecule has 1 saturated heterocycles. The number of anilines is 1. The van der Waals surface area contributed by atoms with Gasteiger partial charge in [0.15, 0.2) is 0 Å². The summed E-state index contributed by atoms with van der Waals surface area (Å²) in [4.78, 5) is 38.2. The summed E-state index contributed by atoms with van der Waals surface area (Å²) in [7, 11) is 0. The zero-order valence-electron chi connectivity index (χ0n) is 15.5. The van der Waals surface area contributed by atoms with E-state index in [9.17, 15) is 23.2 Å².